The minimum atomic E-state index is -3.64. The van der Waals surface area contributed by atoms with E-state index in [-0.39, 0.29) is 5.03 Å². The molecule has 112 valence electrons. The van der Waals surface area contributed by atoms with E-state index in [4.69, 9.17) is 0 Å². The number of benzene rings is 1. The zero-order valence-corrected chi connectivity index (χ0v) is 12.7. The van der Waals surface area contributed by atoms with Crippen molar-refractivity contribution in [3.8, 4) is 0 Å². The van der Waals surface area contributed by atoms with Gasteiger partial charge >= 0.3 is 0 Å². The molecule has 2 heterocycles. The first-order valence-electron chi connectivity index (χ1n) is 6.95. The van der Waals surface area contributed by atoms with Gasteiger partial charge in [0.05, 0.1) is 17.6 Å². The number of rotatable bonds is 4. The number of imidazole rings is 1. The van der Waals surface area contributed by atoms with E-state index in [1.165, 1.54) is 6.20 Å². The van der Waals surface area contributed by atoms with Gasteiger partial charge in [-0.3, -0.25) is 4.72 Å². The highest BCUT2D eigenvalue weighted by atomic mass is 32.2. The van der Waals surface area contributed by atoms with Crippen LogP contribution in [0.2, 0.25) is 0 Å². The lowest BCUT2D eigenvalue weighted by Gasteiger charge is -2.21. The van der Waals surface area contributed by atoms with Gasteiger partial charge in [0.2, 0.25) is 0 Å². The molecule has 0 bridgehead atoms. The molecule has 1 fully saturated rings. The Morgan fingerprint density at radius 1 is 1.24 bits per heavy atom. The molecule has 2 N–H and O–H groups in total. The smallest absolute Gasteiger partial charge is 0.279 e. The van der Waals surface area contributed by atoms with E-state index >= 15 is 0 Å². The summed E-state index contributed by atoms with van der Waals surface area (Å²) < 4.78 is 27.4. The molecule has 0 unspecified atom stereocenters. The number of aryl methyl sites for hydroxylation is 1. The number of H-pyrrole nitrogens is 1. The van der Waals surface area contributed by atoms with Crippen molar-refractivity contribution in [1.82, 2.24) is 9.97 Å². The maximum Gasteiger partial charge on any atom is 0.279 e. The van der Waals surface area contributed by atoms with Crippen molar-refractivity contribution in [2.45, 2.75) is 24.8 Å². The van der Waals surface area contributed by atoms with Crippen LogP contribution in [0, 0.1) is 6.92 Å². The first-order valence-corrected chi connectivity index (χ1v) is 8.43. The van der Waals surface area contributed by atoms with Gasteiger partial charge in [-0.2, -0.15) is 8.42 Å². The zero-order chi connectivity index (χ0) is 14.9. The summed E-state index contributed by atoms with van der Waals surface area (Å²) in [5.74, 6) is 0.572. The molecule has 6 nitrogen and oxygen atoms in total. The van der Waals surface area contributed by atoms with E-state index < -0.39 is 10.0 Å². The third-order valence-corrected chi connectivity index (χ3v) is 4.84. The molecule has 1 aliphatic heterocycles. The molecule has 0 amide bonds. The van der Waals surface area contributed by atoms with Crippen molar-refractivity contribution in [2.75, 3.05) is 22.7 Å². The Labute approximate surface area is 124 Å². The van der Waals surface area contributed by atoms with Gasteiger partial charge in [0.25, 0.3) is 10.0 Å². The van der Waals surface area contributed by atoms with Gasteiger partial charge in [-0.25, -0.2) is 4.98 Å². The molecular formula is C14H18N4O2S. The maximum absolute atomic E-state index is 12.4. The van der Waals surface area contributed by atoms with E-state index in [1.54, 1.807) is 13.0 Å². The van der Waals surface area contributed by atoms with Crippen LogP contribution in [0.25, 0.3) is 0 Å². The van der Waals surface area contributed by atoms with Gasteiger partial charge in [-0.1, -0.05) is 12.1 Å². The SMILES string of the molecule is Cc1ncc(S(=O)(=O)Nc2ccccc2N2CCCC2)[nH]1. The van der Waals surface area contributed by atoms with Crippen molar-refractivity contribution >= 4 is 21.4 Å². The van der Waals surface area contributed by atoms with Crippen LogP contribution in [0.4, 0.5) is 11.4 Å². The minimum absolute atomic E-state index is 0.0798. The average Bonchev–Trinajstić information content (AvgIpc) is 3.10. The van der Waals surface area contributed by atoms with Gasteiger partial charge < -0.3 is 9.88 Å². The fourth-order valence-corrected chi connectivity index (χ4v) is 3.57. The lowest BCUT2D eigenvalue weighted by atomic mass is 10.2. The van der Waals surface area contributed by atoms with E-state index in [9.17, 15) is 8.42 Å². The van der Waals surface area contributed by atoms with Crippen molar-refractivity contribution in [2.24, 2.45) is 0 Å². The lowest BCUT2D eigenvalue weighted by molar-refractivity contribution is 0.598. The van der Waals surface area contributed by atoms with Gasteiger partial charge in [0, 0.05) is 13.1 Å². The van der Waals surface area contributed by atoms with Crippen LogP contribution in [-0.2, 0) is 10.0 Å². The van der Waals surface area contributed by atoms with Crippen molar-refractivity contribution in [1.29, 1.82) is 0 Å². The Hall–Kier alpha value is -2.02. The third kappa shape index (κ3) is 2.87. The summed E-state index contributed by atoms with van der Waals surface area (Å²) in [7, 11) is -3.64. The Morgan fingerprint density at radius 2 is 1.95 bits per heavy atom. The van der Waals surface area contributed by atoms with E-state index in [2.05, 4.69) is 19.6 Å². The van der Waals surface area contributed by atoms with Crippen molar-refractivity contribution in [3.05, 3.63) is 36.3 Å². The van der Waals surface area contributed by atoms with Gasteiger partial charge in [-0.15, -0.1) is 0 Å². The Kier molecular flexibility index (Phi) is 3.59. The first-order chi connectivity index (χ1) is 10.1. The summed E-state index contributed by atoms with van der Waals surface area (Å²) in [6, 6.07) is 7.48. The molecule has 3 rings (SSSR count). The highest BCUT2D eigenvalue weighted by molar-refractivity contribution is 7.92. The van der Waals surface area contributed by atoms with E-state index in [0.717, 1.165) is 31.6 Å². The van der Waals surface area contributed by atoms with Crippen LogP contribution in [0.5, 0.6) is 0 Å². The van der Waals surface area contributed by atoms with E-state index in [0.29, 0.717) is 11.5 Å². The molecular weight excluding hydrogens is 288 g/mol. The van der Waals surface area contributed by atoms with E-state index in [1.807, 2.05) is 18.2 Å². The molecule has 1 saturated heterocycles. The number of sulfonamides is 1. The number of para-hydroxylation sites is 2. The molecule has 1 aromatic heterocycles. The van der Waals surface area contributed by atoms with Gasteiger partial charge in [0.15, 0.2) is 5.03 Å². The summed E-state index contributed by atoms with van der Waals surface area (Å²) in [6.45, 7) is 3.64. The van der Waals surface area contributed by atoms with Crippen LogP contribution in [0.15, 0.2) is 35.5 Å². The molecule has 0 aliphatic carbocycles. The van der Waals surface area contributed by atoms with Crippen LogP contribution in [0.1, 0.15) is 18.7 Å². The maximum atomic E-state index is 12.4. The Morgan fingerprint density at radius 3 is 2.62 bits per heavy atom. The number of aromatic amines is 1. The molecule has 0 radical (unpaired) electrons. The van der Waals surface area contributed by atoms with Crippen molar-refractivity contribution < 1.29 is 8.42 Å². The molecule has 7 heteroatoms. The summed E-state index contributed by atoms with van der Waals surface area (Å²) in [5.41, 5.74) is 1.53. The monoisotopic (exact) mass is 306 g/mol. The Bertz CT molecular complexity index is 733. The summed E-state index contributed by atoms with van der Waals surface area (Å²) in [5, 5.41) is 0.0798. The molecule has 1 aliphatic rings. The highest BCUT2D eigenvalue weighted by Gasteiger charge is 2.21. The second-order valence-corrected chi connectivity index (χ2v) is 6.80. The van der Waals surface area contributed by atoms with Crippen LogP contribution >= 0.6 is 0 Å². The summed E-state index contributed by atoms with van der Waals surface area (Å²) in [4.78, 5) is 8.89. The standard InChI is InChI=1S/C14H18N4O2S/c1-11-15-10-14(16-11)21(19,20)17-12-6-2-3-7-13(12)18-8-4-5-9-18/h2-3,6-7,10,17H,4-5,8-9H2,1H3,(H,15,16). The molecule has 0 saturated carbocycles. The number of anilines is 2. The second kappa shape index (κ2) is 5.40. The number of nitrogens with zero attached hydrogens (tertiary/aromatic N) is 2. The predicted octanol–water partition coefficient (Wildman–Crippen LogP) is 2.12. The highest BCUT2D eigenvalue weighted by Crippen LogP contribution is 2.30. The van der Waals surface area contributed by atoms with Crippen molar-refractivity contribution in [3.63, 3.8) is 0 Å². The molecule has 21 heavy (non-hydrogen) atoms. The lowest BCUT2D eigenvalue weighted by Crippen LogP contribution is -2.21. The zero-order valence-electron chi connectivity index (χ0n) is 11.8. The first kappa shape index (κ1) is 13.9. The minimum Gasteiger partial charge on any atom is -0.370 e. The van der Waals surface area contributed by atoms with Crippen LogP contribution in [-0.4, -0.2) is 31.5 Å². The predicted molar refractivity (Wildman–Crippen MR) is 82.0 cm³/mol. The van der Waals surface area contributed by atoms with Crippen LogP contribution < -0.4 is 9.62 Å². The number of hydrogen-bond acceptors (Lipinski definition) is 4. The second-order valence-electron chi connectivity index (χ2n) is 5.15. The molecule has 0 spiro atoms. The molecule has 2 aromatic rings. The summed E-state index contributed by atoms with van der Waals surface area (Å²) >= 11 is 0. The fourth-order valence-electron chi connectivity index (χ4n) is 2.53. The normalized spacial score (nSPS) is 15.4. The third-order valence-electron chi connectivity index (χ3n) is 3.56. The molecule has 0 atom stereocenters. The molecule has 1 aromatic carbocycles. The van der Waals surface area contributed by atoms with Crippen LogP contribution in [0.3, 0.4) is 0 Å². The topological polar surface area (TPSA) is 78.1 Å². The number of nitrogens with one attached hydrogen (secondary N) is 2. The average molecular weight is 306 g/mol. The summed E-state index contributed by atoms with van der Waals surface area (Å²) in [6.07, 6.45) is 3.61. The number of aromatic nitrogens is 2. The van der Waals surface area contributed by atoms with Gasteiger partial charge in [-0.05, 0) is 31.9 Å². The largest absolute Gasteiger partial charge is 0.370 e. The fraction of sp³-hybridized carbons (Fsp3) is 0.357. The van der Waals surface area contributed by atoms with Gasteiger partial charge in [0.1, 0.15) is 5.82 Å². The quantitative estimate of drug-likeness (QED) is 0.907. The Balaban J connectivity index is 1.91. The number of hydrogen-bond donors (Lipinski definition) is 2.